The molecule has 3 heteroatoms. The Morgan fingerprint density at radius 3 is 2.00 bits per heavy atom. The van der Waals surface area contributed by atoms with Crippen LogP contribution in [0, 0.1) is 11.8 Å². The number of hydrogen-bond donors (Lipinski definition) is 2. The SMILES string of the molecule is C1=CC=CNC=C1.CCC(C)C(C)C(=O)O. The van der Waals surface area contributed by atoms with Gasteiger partial charge in [-0.15, -0.1) is 0 Å². The highest BCUT2D eigenvalue weighted by Crippen LogP contribution is 2.13. The Balaban J connectivity index is 0.000000288. The second-order valence-electron chi connectivity index (χ2n) is 3.78. The maximum atomic E-state index is 10.3. The van der Waals surface area contributed by atoms with Crippen molar-refractivity contribution in [2.24, 2.45) is 11.8 Å². The summed E-state index contributed by atoms with van der Waals surface area (Å²) in [5, 5.41) is 11.4. The summed E-state index contributed by atoms with van der Waals surface area (Å²) >= 11 is 0. The molecule has 0 aliphatic carbocycles. The number of carboxylic acids is 1. The quantitative estimate of drug-likeness (QED) is 0.773. The Bertz CT molecular complexity index is 266. The zero-order valence-electron chi connectivity index (χ0n) is 10.2. The molecule has 0 aromatic rings. The van der Waals surface area contributed by atoms with E-state index in [1.165, 1.54) is 0 Å². The third kappa shape index (κ3) is 6.87. The lowest BCUT2D eigenvalue weighted by atomic mass is 9.94. The molecule has 2 unspecified atom stereocenters. The highest BCUT2D eigenvalue weighted by molar-refractivity contribution is 5.69. The number of nitrogens with one attached hydrogen (secondary N) is 1. The number of allylic oxidation sites excluding steroid dienone is 4. The van der Waals surface area contributed by atoms with Crippen LogP contribution in [0.15, 0.2) is 36.7 Å². The van der Waals surface area contributed by atoms with Crippen molar-refractivity contribution in [3.05, 3.63) is 36.7 Å². The second-order valence-corrected chi connectivity index (χ2v) is 3.78. The lowest BCUT2D eigenvalue weighted by Gasteiger charge is -2.11. The number of hydrogen-bond acceptors (Lipinski definition) is 2. The number of carbonyl (C=O) groups is 1. The average Bonchev–Trinajstić information content (AvgIpc) is 2.59. The summed E-state index contributed by atoms with van der Waals surface area (Å²) in [6.45, 7) is 5.71. The summed E-state index contributed by atoms with van der Waals surface area (Å²) in [5.74, 6) is -0.596. The molecule has 1 aliphatic heterocycles. The molecule has 0 radical (unpaired) electrons. The van der Waals surface area contributed by atoms with Crippen molar-refractivity contribution < 1.29 is 9.90 Å². The monoisotopic (exact) mass is 223 g/mol. The molecule has 16 heavy (non-hydrogen) atoms. The van der Waals surface area contributed by atoms with E-state index >= 15 is 0 Å². The van der Waals surface area contributed by atoms with Crippen LogP contribution in [0.1, 0.15) is 27.2 Å². The molecule has 1 heterocycles. The van der Waals surface area contributed by atoms with Gasteiger partial charge in [0.25, 0.3) is 0 Å². The minimum absolute atomic E-state index is 0.199. The molecule has 0 spiro atoms. The first-order chi connectivity index (χ1) is 7.59. The van der Waals surface area contributed by atoms with Crippen molar-refractivity contribution in [3.8, 4) is 0 Å². The molecule has 0 aromatic heterocycles. The van der Waals surface area contributed by atoms with Crippen molar-refractivity contribution in [2.45, 2.75) is 27.2 Å². The topological polar surface area (TPSA) is 49.3 Å². The van der Waals surface area contributed by atoms with Crippen molar-refractivity contribution in [2.75, 3.05) is 0 Å². The zero-order chi connectivity index (χ0) is 12.4. The first-order valence-corrected chi connectivity index (χ1v) is 5.56. The summed E-state index contributed by atoms with van der Waals surface area (Å²) in [4.78, 5) is 10.3. The maximum absolute atomic E-state index is 10.3. The molecule has 0 bridgehead atoms. The van der Waals surface area contributed by atoms with Crippen molar-refractivity contribution in [1.29, 1.82) is 0 Å². The van der Waals surface area contributed by atoms with E-state index in [2.05, 4.69) is 5.32 Å². The summed E-state index contributed by atoms with van der Waals surface area (Å²) in [6, 6.07) is 0. The lowest BCUT2D eigenvalue weighted by molar-refractivity contribution is -0.142. The molecule has 0 fully saturated rings. The predicted molar refractivity (Wildman–Crippen MR) is 66.8 cm³/mol. The van der Waals surface area contributed by atoms with Gasteiger partial charge in [-0.25, -0.2) is 0 Å². The average molecular weight is 223 g/mol. The summed E-state index contributed by atoms with van der Waals surface area (Å²) < 4.78 is 0. The normalized spacial score (nSPS) is 16.4. The molecule has 2 N–H and O–H groups in total. The Kier molecular flexibility index (Phi) is 7.94. The first-order valence-electron chi connectivity index (χ1n) is 5.56. The van der Waals surface area contributed by atoms with Gasteiger partial charge in [0, 0.05) is 12.4 Å². The van der Waals surface area contributed by atoms with E-state index in [4.69, 9.17) is 5.11 Å². The number of carboxylic acid groups (broad SMARTS) is 1. The molecule has 2 atom stereocenters. The minimum atomic E-state index is -0.690. The highest BCUT2D eigenvalue weighted by atomic mass is 16.4. The van der Waals surface area contributed by atoms with Gasteiger partial charge in [0.15, 0.2) is 0 Å². The molecule has 1 aliphatic rings. The predicted octanol–water partition coefficient (Wildman–Crippen LogP) is 2.93. The molecule has 0 amide bonds. The molecule has 3 nitrogen and oxygen atoms in total. The molecule has 0 aromatic carbocycles. The molecule has 0 saturated heterocycles. The van der Waals surface area contributed by atoms with Crippen molar-refractivity contribution in [3.63, 3.8) is 0 Å². The van der Waals surface area contributed by atoms with Crippen LogP contribution in [0.25, 0.3) is 0 Å². The van der Waals surface area contributed by atoms with Crippen LogP contribution in [0.2, 0.25) is 0 Å². The van der Waals surface area contributed by atoms with Gasteiger partial charge < -0.3 is 10.4 Å². The van der Waals surface area contributed by atoms with Gasteiger partial charge in [0.1, 0.15) is 0 Å². The van der Waals surface area contributed by atoms with Crippen molar-refractivity contribution >= 4 is 5.97 Å². The van der Waals surface area contributed by atoms with Crippen LogP contribution in [0.3, 0.4) is 0 Å². The van der Waals surface area contributed by atoms with Crippen LogP contribution in [-0.2, 0) is 4.79 Å². The van der Waals surface area contributed by atoms with Gasteiger partial charge >= 0.3 is 5.97 Å². The Hall–Kier alpha value is -1.51. The van der Waals surface area contributed by atoms with E-state index in [-0.39, 0.29) is 5.92 Å². The fourth-order valence-electron chi connectivity index (χ4n) is 1.00. The van der Waals surface area contributed by atoms with Gasteiger partial charge in [0.2, 0.25) is 0 Å². The maximum Gasteiger partial charge on any atom is 0.306 e. The molecule has 90 valence electrons. The second kappa shape index (κ2) is 8.77. The molecule has 0 saturated carbocycles. The summed E-state index contributed by atoms with van der Waals surface area (Å²) in [6.07, 6.45) is 12.5. The van der Waals surface area contributed by atoms with Crippen LogP contribution < -0.4 is 5.32 Å². The molecular formula is C13H21NO2. The Morgan fingerprint density at radius 2 is 1.69 bits per heavy atom. The fourth-order valence-corrected chi connectivity index (χ4v) is 1.00. The largest absolute Gasteiger partial charge is 0.481 e. The Labute approximate surface area is 97.6 Å². The summed E-state index contributed by atoms with van der Waals surface area (Å²) in [5.41, 5.74) is 0. The summed E-state index contributed by atoms with van der Waals surface area (Å²) in [7, 11) is 0. The van der Waals surface area contributed by atoms with Crippen LogP contribution in [0.4, 0.5) is 0 Å². The third-order valence-corrected chi connectivity index (χ3v) is 2.61. The minimum Gasteiger partial charge on any atom is -0.481 e. The van der Waals surface area contributed by atoms with Gasteiger partial charge in [-0.2, -0.15) is 0 Å². The standard InChI is InChI=1S/C7H14O2.C6H7N/c1-4-5(2)6(3)7(8)9;1-2-4-6-7-5-3-1/h5-6H,4H2,1-3H3,(H,8,9);1-7H. The first kappa shape index (κ1) is 14.5. The lowest BCUT2D eigenvalue weighted by Crippen LogP contribution is -2.17. The van der Waals surface area contributed by atoms with E-state index in [0.29, 0.717) is 5.92 Å². The van der Waals surface area contributed by atoms with E-state index < -0.39 is 5.97 Å². The van der Waals surface area contributed by atoms with Gasteiger partial charge in [-0.3, -0.25) is 4.79 Å². The van der Waals surface area contributed by atoms with E-state index in [1.807, 2.05) is 50.6 Å². The van der Waals surface area contributed by atoms with E-state index in [0.717, 1.165) is 6.42 Å². The number of aliphatic carboxylic acids is 1. The van der Waals surface area contributed by atoms with Crippen LogP contribution in [0.5, 0.6) is 0 Å². The highest BCUT2D eigenvalue weighted by Gasteiger charge is 2.16. The van der Waals surface area contributed by atoms with Gasteiger partial charge in [0.05, 0.1) is 5.92 Å². The van der Waals surface area contributed by atoms with Crippen LogP contribution >= 0.6 is 0 Å². The molecular weight excluding hydrogens is 202 g/mol. The molecule has 1 rings (SSSR count). The van der Waals surface area contributed by atoms with Gasteiger partial charge in [-0.1, -0.05) is 39.3 Å². The van der Waals surface area contributed by atoms with E-state index in [9.17, 15) is 4.79 Å². The van der Waals surface area contributed by atoms with Crippen LogP contribution in [-0.4, -0.2) is 11.1 Å². The third-order valence-electron chi connectivity index (χ3n) is 2.61. The smallest absolute Gasteiger partial charge is 0.306 e. The zero-order valence-corrected chi connectivity index (χ0v) is 10.2. The van der Waals surface area contributed by atoms with Crippen molar-refractivity contribution in [1.82, 2.24) is 5.32 Å². The van der Waals surface area contributed by atoms with E-state index in [1.54, 1.807) is 6.92 Å². The van der Waals surface area contributed by atoms with Gasteiger partial charge in [-0.05, 0) is 18.1 Å². The Morgan fingerprint density at radius 1 is 1.19 bits per heavy atom. The number of rotatable bonds is 3. The fraction of sp³-hybridized carbons (Fsp3) is 0.462.